The van der Waals surface area contributed by atoms with Crippen molar-refractivity contribution in [1.82, 2.24) is 4.31 Å². The molecule has 1 aromatic rings. The van der Waals surface area contributed by atoms with Crippen LogP contribution in [0.15, 0.2) is 21.7 Å². The number of sulfonamides is 1. The zero-order chi connectivity index (χ0) is 13.0. The summed E-state index contributed by atoms with van der Waals surface area (Å²) in [4.78, 5) is 0. The van der Waals surface area contributed by atoms with Crippen LogP contribution in [0.2, 0.25) is 0 Å². The fourth-order valence-corrected chi connectivity index (χ4v) is 4.86. The molecule has 1 fully saturated rings. The van der Waals surface area contributed by atoms with Crippen LogP contribution >= 0.6 is 11.3 Å². The normalized spacial score (nSPS) is 20.7. The van der Waals surface area contributed by atoms with Crippen molar-refractivity contribution < 1.29 is 13.2 Å². The summed E-state index contributed by atoms with van der Waals surface area (Å²) in [6.45, 7) is 4.59. The maximum Gasteiger partial charge on any atom is 0.252 e. The van der Waals surface area contributed by atoms with Crippen molar-refractivity contribution in [2.45, 2.75) is 24.0 Å². The van der Waals surface area contributed by atoms with E-state index in [1.165, 1.54) is 11.3 Å². The lowest BCUT2D eigenvalue weighted by Crippen LogP contribution is -2.35. The summed E-state index contributed by atoms with van der Waals surface area (Å²) in [5, 5.41) is 1.80. The van der Waals surface area contributed by atoms with Crippen LogP contribution in [0.5, 0.6) is 0 Å². The van der Waals surface area contributed by atoms with Gasteiger partial charge < -0.3 is 4.74 Å². The lowest BCUT2D eigenvalue weighted by molar-refractivity contribution is 0.180. The van der Waals surface area contributed by atoms with E-state index < -0.39 is 10.0 Å². The fourth-order valence-electron chi connectivity index (χ4n) is 2.11. The molecule has 18 heavy (non-hydrogen) atoms. The van der Waals surface area contributed by atoms with Gasteiger partial charge in [-0.15, -0.1) is 11.3 Å². The highest BCUT2D eigenvalue weighted by molar-refractivity contribution is 7.91. The van der Waals surface area contributed by atoms with Gasteiger partial charge in [-0.2, -0.15) is 4.31 Å². The van der Waals surface area contributed by atoms with E-state index in [-0.39, 0.29) is 0 Å². The molecule has 0 amide bonds. The van der Waals surface area contributed by atoms with Crippen LogP contribution in [-0.2, 0) is 14.8 Å². The average Bonchev–Trinajstić information content (AvgIpc) is 3.01. The van der Waals surface area contributed by atoms with Gasteiger partial charge in [0.25, 0.3) is 10.0 Å². The van der Waals surface area contributed by atoms with E-state index >= 15 is 0 Å². The van der Waals surface area contributed by atoms with Crippen LogP contribution in [0.25, 0.3) is 0 Å². The SMILES string of the molecule is CCCN(CC1CCOC1)S(=O)(=O)c1cccs1. The molecule has 0 aromatic carbocycles. The van der Waals surface area contributed by atoms with E-state index in [1.54, 1.807) is 21.8 Å². The Morgan fingerprint density at radius 3 is 2.94 bits per heavy atom. The van der Waals surface area contributed by atoms with E-state index in [0.29, 0.717) is 29.8 Å². The van der Waals surface area contributed by atoms with Gasteiger partial charge in [0.15, 0.2) is 0 Å². The minimum absolute atomic E-state index is 0.339. The van der Waals surface area contributed by atoms with E-state index in [0.717, 1.165) is 19.4 Å². The van der Waals surface area contributed by atoms with Crippen LogP contribution in [0.4, 0.5) is 0 Å². The van der Waals surface area contributed by atoms with Crippen LogP contribution in [0.3, 0.4) is 0 Å². The van der Waals surface area contributed by atoms with Crippen molar-refractivity contribution in [1.29, 1.82) is 0 Å². The third-order valence-electron chi connectivity index (χ3n) is 3.05. The molecule has 2 rings (SSSR count). The highest BCUT2D eigenvalue weighted by atomic mass is 32.2. The number of hydrogen-bond donors (Lipinski definition) is 0. The monoisotopic (exact) mass is 289 g/mol. The number of rotatable bonds is 6. The second-order valence-electron chi connectivity index (χ2n) is 4.52. The molecule has 0 aliphatic carbocycles. The van der Waals surface area contributed by atoms with E-state index in [9.17, 15) is 8.42 Å². The van der Waals surface area contributed by atoms with E-state index in [2.05, 4.69) is 0 Å². The van der Waals surface area contributed by atoms with E-state index in [1.807, 2.05) is 6.92 Å². The zero-order valence-electron chi connectivity index (χ0n) is 10.5. The minimum Gasteiger partial charge on any atom is -0.381 e. The Hall–Kier alpha value is -0.430. The predicted molar refractivity (Wildman–Crippen MR) is 72.3 cm³/mol. The maximum absolute atomic E-state index is 12.5. The first-order chi connectivity index (χ1) is 8.64. The summed E-state index contributed by atoms with van der Waals surface area (Å²) in [5.41, 5.74) is 0. The molecule has 1 atom stereocenters. The van der Waals surface area contributed by atoms with Crippen molar-refractivity contribution in [2.24, 2.45) is 5.92 Å². The highest BCUT2D eigenvalue weighted by Gasteiger charge is 2.28. The minimum atomic E-state index is -3.31. The van der Waals surface area contributed by atoms with Gasteiger partial charge in [0.2, 0.25) is 0 Å². The third-order valence-corrected chi connectivity index (χ3v) is 6.29. The molecule has 0 spiro atoms. The zero-order valence-corrected chi connectivity index (χ0v) is 12.2. The van der Waals surface area contributed by atoms with E-state index in [4.69, 9.17) is 4.74 Å². The lowest BCUT2D eigenvalue weighted by Gasteiger charge is -2.23. The molecule has 102 valence electrons. The first kappa shape index (κ1) is 14.0. The van der Waals surface area contributed by atoms with Gasteiger partial charge in [0.05, 0.1) is 6.61 Å². The Labute approximate surface area is 113 Å². The van der Waals surface area contributed by atoms with Crippen molar-refractivity contribution >= 4 is 21.4 Å². The molecule has 1 aliphatic heterocycles. The molecule has 0 bridgehead atoms. The Bertz CT molecular complexity index is 450. The molecular weight excluding hydrogens is 270 g/mol. The summed E-state index contributed by atoms with van der Waals surface area (Å²) in [5.74, 6) is 0.339. The Balaban J connectivity index is 2.13. The van der Waals surface area contributed by atoms with Gasteiger partial charge in [-0.3, -0.25) is 0 Å². The summed E-state index contributed by atoms with van der Waals surface area (Å²) in [7, 11) is -3.31. The van der Waals surface area contributed by atoms with Gasteiger partial charge in [0, 0.05) is 19.7 Å². The third kappa shape index (κ3) is 3.12. The van der Waals surface area contributed by atoms with Crippen LogP contribution in [0.1, 0.15) is 19.8 Å². The van der Waals surface area contributed by atoms with Gasteiger partial charge in [-0.05, 0) is 30.2 Å². The van der Waals surface area contributed by atoms with Crippen molar-refractivity contribution in [3.63, 3.8) is 0 Å². The quantitative estimate of drug-likeness (QED) is 0.806. The molecule has 2 heterocycles. The molecule has 1 saturated heterocycles. The summed E-state index contributed by atoms with van der Waals surface area (Å²) < 4.78 is 32.3. The molecule has 0 saturated carbocycles. The van der Waals surface area contributed by atoms with Gasteiger partial charge in [-0.1, -0.05) is 13.0 Å². The molecule has 1 aliphatic rings. The summed E-state index contributed by atoms with van der Waals surface area (Å²) in [6.07, 6.45) is 1.79. The average molecular weight is 289 g/mol. The second kappa shape index (κ2) is 6.14. The molecule has 6 heteroatoms. The fraction of sp³-hybridized carbons (Fsp3) is 0.667. The first-order valence-electron chi connectivity index (χ1n) is 6.26. The highest BCUT2D eigenvalue weighted by Crippen LogP contribution is 2.24. The van der Waals surface area contributed by atoms with Crippen molar-refractivity contribution in [3.8, 4) is 0 Å². The van der Waals surface area contributed by atoms with Gasteiger partial charge in [-0.25, -0.2) is 8.42 Å². The van der Waals surface area contributed by atoms with Gasteiger partial charge >= 0.3 is 0 Å². The Morgan fingerprint density at radius 2 is 2.39 bits per heavy atom. The number of ether oxygens (including phenoxy) is 1. The lowest BCUT2D eigenvalue weighted by atomic mass is 10.1. The molecule has 4 nitrogen and oxygen atoms in total. The first-order valence-corrected chi connectivity index (χ1v) is 8.58. The van der Waals surface area contributed by atoms with Crippen LogP contribution in [-0.4, -0.2) is 39.0 Å². The van der Waals surface area contributed by atoms with Crippen LogP contribution < -0.4 is 0 Å². The maximum atomic E-state index is 12.5. The molecule has 0 N–H and O–H groups in total. The topological polar surface area (TPSA) is 46.6 Å². The summed E-state index contributed by atoms with van der Waals surface area (Å²) >= 11 is 1.28. The van der Waals surface area contributed by atoms with Crippen LogP contribution in [0, 0.1) is 5.92 Å². The standard InChI is InChI=1S/C12H19NO3S2/c1-2-6-13(9-11-5-7-16-10-11)18(14,15)12-4-3-8-17-12/h3-4,8,11H,2,5-7,9-10H2,1H3. The second-order valence-corrected chi connectivity index (χ2v) is 7.64. The molecule has 1 aromatic heterocycles. The van der Waals surface area contributed by atoms with Crippen molar-refractivity contribution in [2.75, 3.05) is 26.3 Å². The molecule has 1 unspecified atom stereocenters. The Kier molecular flexibility index (Phi) is 4.77. The molecular formula is C12H19NO3S2. The number of hydrogen-bond acceptors (Lipinski definition) is 4. The predicted octanol–water partition coefficient (Wildman–Crippen LogP) is 2.19. The number of thiophene rings is 1. The largest absolute Gasteiger partial charge is 0.381 e. The Morgan fingerprint density at radius 1 is 1.56 bits per heavy atom. The molecule has 0 radical (unpaired) electrons. The van der Waals surface area contributed by atoms with Gasteiger partial charge in [0.1, 0.15) is 4.21 Å². The summed E-state index contributed by atoms with van der Waals surface area (Å²) in [6, 6.07) is 3.45. The smallest absolute Gasteiger partial charge is 0.252 e. The van der Waals surface area contributed by atoms with Crippen molar-refractivity contribution in [3.05, 3.63) is 17.5 Å². The number of nitrogens with zero attached hydrogens (tertiary/aromatic N) is 1.